The highest BCUT2D eigenvalue weighted by Gasteiger charge is 2.31. The number of hydrogen-bond acceptors (Lipinski definition) is 4. The van der Waals surface area contributed by atoms with E-state index < -0.39 is 24.5 Å². The highest BCUT2D eigenvalue weighted by atomic mass is 32.1. The second kappa shape index (κ2) is 4.91. The van der Waals surface area contributed by atoms with E-state index in [1.54, 1.807) is 6.92 Å². The fourth-order valence-corrected chi connectivity index (χ4v) is 2.05. The van der Waals surface area contributed by atoms with E-state index in [4.69, 9.17) is 5.73 Å². The number of anilines is 1. The van der Waals surface area contributed by atoms with Crippen LogP contribution < -0.4 is 11.1 Å². The van der Waals surface area contributed by atoms with Crippen molar-refractivity contribution in [1.29, 1.82) is 0 Å². The van der Waals surface area contributed by atoms with Gasteiger partial charge in [-0.15, -0.1) is 0 Å². The van der Waals surface area contributed by atoms with Crippen LogP contribution in [0.5, 0.6) is 0 Å². The van der Waals surface area contributed by atoms with Crippen molar-refractivity contribution in [3.8, 4) is 0 Å². The van der Waals surface area contributed by atoms with Gasteiger partial charge in [0.25, 0.3) is 5.91 Å². The Hall–Kier alpha value is -1.31. The van der Waals surface area contributed by atoms with Crippen molar-refractivity contribution in [3.05, 3.63) is 10.6 Å². The lowest BCUT2D eigenvalue weighted by molar-refractivity contribution is -0.138. The van der Waals surface area contributed by atoms with Gasteiger partial charge < -0.3 is 11.1 Å². The molecule has 1 heterocycles. The Morgan fingerprint density at radius 3 is 2.59 bits per heavy atom. The molecular formula is C9H12F3N3OS. The summed E-state index contributed by atoms with van der Waals surface area (Å²) in [6, 6.07) is -0.981. The fraction of sp³-hybridized carbons (Fsp3) is 0.556. The second-order valence-corrected chi connectivity index (χ2v) is 4.69. The first-order valence-corrected chi connectivity index (χ1v) is 5.61. The highest BCUT2D eigenvalue weighted by Crippen LogP contribution is 2.23. The van der Waals surface area contributed by atoms with Gasteiger partial charge in [0, 0.05) is 6.04 Å². The Labute approximate surface area is 100 Å². The van der Waals surface area contributed by atoms with Gasteiger partial charge in [0.2, 0.25) is 0 Å². The van der Waals surface area contributed by atoms with Crippen molar-refractivity contribution in [2.45, 2.75) is 32.5 Å². The van der Waals surface area contributed by atoms with Gasteiger partial charge in [0.1, 0.15) is 4.88 Å². The minimum absolute atomic E-state index is 0.219. The average molecular weight is 267 g/mol. The summed E-state index contributed by atoms with van der Waals surface area (Å²) in [5, 5.41) is 2.48. The van der Waals surface area contributed by atoms with Crippen molar-refractivity contribution < 1.29 is 18.0 Å². The number of thiazole rings is 1. The number of hydrogen-bond donors (Lipinski definition) is 2. The van der Waals surface area contributed by atoms with Crippen LogP contribution in [0, 0.1) is 6.92 Å². The lowest BCUT2D eigenvalue weighted by Gasteiger charge is -2.15. The average Bonchev–Trinajstić information content (AvgIpc) is 2.41. The SMILES string of the molecule is Cc1nc(N)sc1C(=O)NC(C)CC(F)(F)F. The zero-order chi connectivity index (χ0) is 13.2. The Kier molecular flexibility index (Phi) is 3.97. The quantitative estimate of drug-likeness (QED) is 0.881. The molecule has 1 atom stereocenters. The summed E-state index contributed by atoms with van der Waals surface area (Å²) in [7, 11) is 0. The maximum Gasteiger partial charge on any atom is 0.391 e. The molecule has 0 saturated heterocycles. The maximum absolute atomic E-state index is 12.1. The van der Waals surface area contributed by atoms with Crippen molar-refractivity contribution in [1.82, 2.24) is 10.3 Å². The molecule has 1 amide bonds. The number of nitrogens with zero attached hydrogens (tertiary/aromatic N) is 1. The third kappa shape index (κ3) is 4.22. The normalized spacial score (nSPS) is 13.5. The molecular weight excluding hydrogens is 255 g/mol. The molecule has 17 heavy (non-hydrogen) atoms. The third-order valence-electron chi connectivity index (χ3n) is 1.93. The number of halogens is 3. The maximum atomic E-state index is 12.1. The summed E-state index contributed by atoms with van der Waals surface area (Å²) in [4.78, 5) is 15.7. The second-order valence-electron chi connectivity index (χ2n) is 3.66. The van der Waals surface area contributed by atoms with Crippen molar-refractivity contribution >= 4 is 22.4 Å². The molecule has 1 rings (SSSR count). The third-order valence-corrected chi connectivity index (χ3v) is 2.92. The molecule has 0 fully saturated rings. The molecule has 3 N–H and O–H groups in total. The zero-order valence-electron chi connectivity index (χ0n) is 9.26. The number of amides is 1. The van der Waals surface area contributed by atoms with E-state index in [2.05, 4.69) is 10.3 Å². The smallest absolute Gasteiger partial charge is 0.375 e. The molecule has 8 heteroatoms. The molecule has 0 saturated carbocycles. The summed E-state index contributed by atoms with van der Waals surface area (Å²) in [6.45, 7) is 2.88. The first-order chi connectivity index (χ1) is 7.69. The molecule has 1 aromatic rings. The van der Waals surface area contributed by atoms with Crippen LogP contribution in [0.25, 0.3) is 0 Å². The standard InChI is InChI=1S/C9H12F3N3OS/c1-4(3-9(10,11)12)14-7(16)6-5(2)15-8(13)17-6/h4H,3H2,1-2H3,(H2,13,15)(H,14,16). The molecule has 0 aliphatic carbocycles. The van der Waals surface area contributed by atoms with Crippen LogP contribution in [0.3, 0.4) is 0 Å². The number of aryl methyl sites for hydroxylation is 1. The van der Waals surface area contributed by atoms with Gasteiger partial charge in [-0.25, -0.2) is 4.98 Å². The van der Waals surface area contributed by atoms with E-state index in [0.29, 0.717) is 5.69 Å². The van der Waals surface area contributed by atoms with E-state index >= 15 is 0 Å². The monoisotopic (exact) mass is 267 g/mol. The van der Waals surface area contributed by atoms with E-state index in [-0.39, 0.29) is 10.0 Å². The van der Waals surface area contributed by atoms with Gasteiger partial charge in [-0.3, -0.25) is 4.79 Å². The molecule has 0 aliphatic heterocycles. The summed E-state index contributed by atoms with van der Waals surface area (Å²) in [5.41, 5.74) is 5.82. The predicted octanol–water partition coefficient (Wildman–Crippen LogP) is 2.10. The van der Waals surface area contributed by atoms with Crippen LogP contribution in [-0.4, -0.2) is 23.1 Å². The molecule has 0 spiro atoms. The van der Waals surface area contributed by atoms with Crippen LogP contribution >= 0.6 is 11.3 Å². The molecule has 0 aromatic carbocycles. The van der Waals surface area contributed by atoms with Gasteiger partial charge in [-0.05, 0) is 13.8 Å². The minimum Gasteiger partial charge on any atom is -0.375 e. The Balaban J connectivity index is 2.64. The van der Waals surface area contributed by atoms with Crippen LogP contribution in [0.1, 0.15) is 28.7 Å². The number of nitrogen functional groups attached to an aromatic ring is 1. The number of aromatic nitrogens is 1. The Morgan fingerprint density at radius 1 is 1.59 bits per heavy atom. The number of nitrogens with two attached hydrogens (primary N) is 1. The van der Waals surface area contributed by atoms with Crippen molar-refractivity contribution in [2.24, 2.45) is 0 Å². The van der Waals surface area contributed by atoms with E-state index in [1.807, 2.05) is 0 Å². The van der Waals surface area contributed by atoms with Crippen molar-refractivity contribution in [2.75, 3.05) is 5.73 Å². The molecule has 0 aliphatic rings. The summed E-state index contributed by atoms with van der Waals surface area (Å²) in [5.74, 6) is -0.576. The van der Waals surface area contributed by atoms with Gasteiger partial charge >= 0.3 is 6.18 Å². The topological polar surface area (TPSA) is 68.0 Å². The van der Waals surface area contributed by atoms with Gasteiger partial charge in [0.05, 0.1) is 12.1 Å². The predicted molar refractivity (Wildman–Crippen MR) is 58.9 cm³/mol. The van der Waals surface area contributed by atoms with E-state index in [9.17, 15) is 18.0 Å². The van der Waals surface area contributed by atoms with Gasteiger partial charge in [0.15, 0.2) is 5.13 Å². The number of carbonyl (C=O) groups excluding carboxylic acids is 1. The summed E-state index contributed by atoms with van der Waals surface area (Å²) in [6.07, 6.45) is -5.36. The largest absolute Gasteiger partial charge is 0.391 e. The fourth-order valence-electron chi connectivity index (χ4n) is 1.32. The lowest BCUT2D eigenvalue weighted by Crippen LogP contribution is -2.35. The van der Waals surface area contributed by atoms with Crippen LogP contribution in [0.15, 0.2) is 0 Å². The van der Waals surface area contributed by atoms with E-state index in [1.165, 1.54) is 6.92 Å². The molecule has 1 aromatic heterocycles. The summed E-state index contributed by atoms with van der Waals surface area (Å²) < 4.78 is 36.2. The highest BCUT2D eigenvalue weighted by molar-refractivity contribution is 7.17. The molecule has 0 bridgehead atoms. The van der Waals surface area contributed by atoms with Crippen LogP contribution in [0.2, 0.25) is 0 Å². The van der Waals surface area contributed by atoms with Gasteiger partial charge in [-0.2, -0.15) is 13.2 Å². The minimum atomic E-state index is -4.30. The number of nitrogens with one attached hydrogen (secondary N) is 1. The number of alkyl halides is 3. The molecule has 0 radical (unpaired) electrons. The number of carbonyl (C=O) groups is 1. The molecule has 1 unspecified atom stereocenters. The summed E-state index contributed by atoms with van der Waals surface area (Å²) >= 11 is 0.956. The Morgan fingerprint density at radius 2 is 2.18 bits per heavy atom. The zero-order valence-corrected chi connectivity index (χ0v) is 10.1. The van der Waals surface area contributed by atoms with Crippen LogP contribution in [0.4, 0.5) is 18.3 Å². The van der Waals surface area contributed by atoms with Crippen LogP contribution in [-0.2, 0) is 0 Å². The Bertz CT molecular complexity index is 416. The first-order valence-electron chi connectivity index (χ1n) is 4.79. The molecule has 96 valence electrons. The first kappa shape index (κ1) is 13.8. The van der Waals surface area contributed by atoms with E-state index in [0.717, 1.165) is 11.3 Å². The van der Waals surface area contributed by atoms with Crippen molar-refractivity contribution in [3.63, 3.8) is 0 Å². The van der Waals surface area contributed by atoms with Gasteiger partial charge in [-0.1, -0.05) is 11.3 Å². The molecule has 4 nitrogen and oxygen atoms in total. The lowest BCUT2D eigenvalue weighted by atomic mass is 10.2. The number of rotatable bonds is 3.